The lowest BCUT2D eigenvalue weighted by Crippen LogP contribution is -2.16. The highest BCUT2D eigenvalue weighted by Crippen LogP contribution is 2.44. The van der Waals surface area contributed by atoms with E-state index in [-0.39, 0.29) is 10.8 Å². The van der Waals surface area contributed by atoms with Crippen molar-refractivity contribution in [2.24, 2.45) is 0 Å². The maximum atomic E-state index is 5.83. The van der Waals surface area contributed by atoms with Gasteiger partial charge in [-0.25, -0.2) is 9.66 Å². The van der Waals surface area contributed by atoms with Crippen molar-refractivity contribution in [3.8, 4) is 11.3 Å². The SMILES string of the molecule is CC(C)(C)c1cc(-c2cn(N)c(N)n2)c2c(c1)C(C)(C)CC2. The third-order valence-electron chi connectivity index (χ3n) is 4.88. The summed E-state index contributed by atoms with van der Waals surface area (Å²) >= 11 is 0. The van der Waals surface area contributed by atoms with Crippen LogP contribution in [0.25, 0.3) is 11.3 Å². The van der Waals surface area contributed by atoms with Crippen molar-refractivity contribution in [2.45, 2.75) is 58.3 Å². The van der Waals surface area contributed by atoms with Crippen molar-refractivity contribution in [3.63, 3.8) is 0 Å². The van der Waals surface area contributed by atoms with Crippen LogP contribution in [0, 0.1) is 0 Å². The van der Waals surface area contributed by atoms with Gasteiger partial charge in [-0.2, -0.15) is 0 Å². The number of rotatable bonds is 1. The number of anilines is 1. The number of nitrogens with two attached hydrogens (primary N) is 2. The number of fused-ring (bicyclic) bond motifs is 1. The fourth-order valence-electron chi connectivity index (χ4n) is 3.32. The summed E-state index contributed by atoms with van der Waals surface area (Å²) in [5.41, 5.74) is 12.4. The molecular formula is C18H26N4. The Morgan fingerprint density at radius 2 is 1.91 bits per heavy atom. The lowest BCUT2D eigenvalue weighted by molar-refractivity contribution is 0.519. The summed E-state index contributed by atoms with van der Waals surface area (Å²) in [5.74, 6) is 6.18. The first-order chi connectivity index (χ1) is 10.1. The molecule has 0 radical (unpaired) electrons. The minimum atomic E-state index is 0.0965. The van der Waals surface area contributed by atoms with E-state index in [1.165, 1.54) is 33.4 Å². The van der Waals surface area contributed by atoms with Crippen LogP contribution >= 0.6 is 0 Å². The van der Waals surface area contributed by atoms with E-state index in [9.17, 15) is 0 Å². The molecule has 0 amide bonds. The number of hydrogen-bond donors (Lipinski definition) is 2. The van der Waals surface area contributed by atoms with Crippen LogP contribution in [0.5, 0.6) is 0 Å². The van der Waals surface area contributed by atoms with Gasteiger partial charge in [0.25, 0.3) is 0 Å². The van der Waals surface area contributed by atoms with Gasteiger partial charge in [-0.05, 0) is 46.4 Å². The summed E-state index contributed by atoms with van der Waals surface area (Å²) in [5, 5.41) is 0. The van der Waals surface area contributed by atoms with E-state index in [2.05, 4.69) is 51.7 Å². The Balaban J connectivity index is 2.28. The van der Waals surface area contributed by atoms with E-state index in [4.69, 9.17) is 11.6 Å². The van der Waals surface area contributed by atoms with Gasteiger partial charge in [-0.15, -0.1) is 0 Å². The summed E-state index contributed by atoms with van der Waals surface area (Å²) in [6, 6.07) is 4.65. The topological polar surface area (TPSA) is 69.9 Å². The van der Waals surface area contributed by atoms with Gasteiger partial charge in [-0.3, -0.25) is 0 Å². The van der Waals surface area contributed by atoms with E-state index >= 15 is 0 Å². The Hall–Kier alpha value is -1.97. The van der Waals surface area contributed by atoms with E-state index in [1.807, 2.05) is 6.20 Å². The second-order valence-electron chi connectivity index (χ2n) is 8.08. The summed E-state index contributed by atoms with van der Waals surface area (Å²) in [6.45, 7) is 11.4. The van der Waals surface area contributed by atoms with E-state index in [1.54, 1.807) is 0 Å². The van der Waals surface area contributed by atoms with Crippen LogP contribution in [0.3, 0.4) is 0 Å². The molecule has 0 atom stereocenters. The fraction of sp³-hybridized carbons (Fsp3) is 0.500. The highest BCUT2D eigenvalue weighted by molar-refractivity contribution is 5.70. The standard InChI is InChI=1S/C18H26N4/c1-17(2,3)11-8-13(15-10-22(20)16(19)21-15)12-6-7-18(4,5)14(12)9-11/h8-10H,6-7,20H2,1-5H3,(H2,19,21). The van der Waals surface area contributed by atoms with Gasteiger partial charge in [-0.1, -0.05) is 40.7 Å². The maximum Gasteiger partial charge on any atom is 0.219 e. The van der Waals surface area contributed by atoms with Gasteiger partial charge in [0.2, 0.25) is 5.95 Å². The molecule has 4 N–H and O–H groups in total. The van der Waals surface area contributed by atoms with Gasteiger partial charge in [0.1, 0.15) is 0 Å². The molecular weight excluding hydrogens is 272 g/mol. The molecule has 118 valence electrons. The first kappa shape index (κ1) is 14.9. The Kier molecular flexibility index (Phi) is 3.06. The van der Waals surface area contributed by atoms with Crippen molar-refractivity contribution in [2.75, 3.05) is 11.6 Å². The van der Waals surface area contributed by atoms with Gasteiger partial charge < -0.3 is 11.6 Å². The number of imidazole rings is 1. The van der Waals surface area contributed by atoms with Crippen LogP contribution in [-0.4, -0.2) is 9.66 Å². The maximum absolute atomic E-state index is 5.83. The molecule has 0 fully saturated rings. The molecule has 22 heavy (non-hydrogen) atoms. The summed E-state index contributed by atoms with van der Waals surface area (Å²) < 4.78 is 1.39. The van der Waals surface area contributed by atoms with Crippen LogP contribution in [0.4, 0.5) is 5.95 Å². The molecule has 0 unspecified atom stereocenters. The molecule has 0 aliphatic heterocycles. The van der Waals surface area contributed by atoms with Crippen LogP contribution in [-0.2, 0) is 17.3 Å². The van der Waals surface area contributed by atoms with Crippen LogP contribution in [0.15, 0.2) is 18.3 Å². The quantitative estimate of drug-likeness (QED) is 0.793. The van der Waals surface area contributed by atoms with Crippen LogP contribution < -0.4 is 11.6 Å². The zero-order valence-electron chi connectivity index (χ0n) is 14.2. The average Bonchev–Trinajstić information content (AvgIpc) is 2.89. The summed E-state index contributed by atoms with van der Waals surface area (Å²) in [7, 11) is 0. The number of hydrogen-bond acceptors (Lipinski definition) is 3. The minimum Gasteiger partial charge on any atom is -0.368 e. The molecule has 4 nitrogen and oxygen atoms in total. The number of aromatic nitrogens is 2. The molecule has 1 aliphatic rings. The van der Waals surface area contributed by atoms with E-state index in [0.29, 0.717) is 5.95 Å². The molecule has 0 bridgehead atoms. The Labute approximate surface area is 132 Å². The zero-order valence-corrected chi connectivity index (χ0v) is 14.2. The smallest absolute Gasteiger partial charge is 0.219 e. The molecule has 0 saturated heterocycles. The summed E-state index contributed by atoms with van der Waals surface area (Å²) in [4.78, 5) is 4.44. The molecule has 1 aliphatic carbocycles. The van der Waals surface area contributed by atoms with Crippen molar-refractivity contribution < 1.29 is 0 Å². The average molecular weight is 298 g/mol. The van der Waals surface area contributed by atoms with Gasteiger partial charge in [0, 0.05) is 5.56 Å². The van der Waals surface area contributed by atoms with Gasteiger partial charge >= 0.3 is 0 Å². The number of nitrogens with zero attached hydrogens (tertiary/aromatic N) is 2. The Morgan fingerprint density at radius 1 is 1.23 bits per heavy atom. The molecule has 3 rings (SSSR count). The molecule has 1 heterocycles. The highest BCUT2D eigenvalue weighted by atomic mass is 15.3. The normalized spacial score (nSPS) is 16.8. The minimum absolute atomic E-state index is 0.0965. The third-order valence-corrected chi connectivity index (χ3v) is 4.88. The number of nitrogen functional groups attached to an aromatic ring is 2. The third kappa shape index (κ3) is 2.27. The van der Waals surface area contributed by atoms with E-state index < -0.39 is 0 Å². The molecule has 1 aromatic heterocycles. The lowest BCUT2D eigenvalue weighted by atomic mass is 9.79. The van der Waals surface area contributed by atoms with Gasteiger partial charge in [0.05, 0.1) is 11.9 Å². The predicted octanol–water partition coefficient (Wildman–Crippen LogP) is 3.37. The van der Waals surface area contributed by atoms with Crippen molar-refractivity contribution in [1.82, 2.24) is 9.66 Å². The summed E-state index contributed by atoms with van der Waals surface area (Å²) in [6.07, 6.45) is 4.07. The molecule has 0 spiro atoms. The first-order valence-corrected chi connectivity index (χ1v) is 7.88. The molecule has 4 heteroatoms. The van der Waals surface area contributed by atoms with Crippen molar-refractivity contribution >= 4 is 5.95 Å². The largest absolute Gasteiger partial charge is 0.368 e. The number of benzene rings is 1. The Morgan fingerprint density at radius 3 is 2.45 bits per heavy atom. The van der Waals surface area contributed by atoms with Crippen LogP contribution in [0.2, 0.25) is 0 Å². The van der Waals surface area contributed by atoms with Gasteiger partial charge in [0.15, 0.2) is 0 Å². The lowest BCUT2D eigenvalue weighted by Gasteiger charge is -2.25. The zero-order chi connectivity index (χ0) is 16.3. The fourth-order valence-corrected chi connectivity index (χ4v) is 3.32. The first-order valence-electron chi connectivity index (χ1n) is 7.88. The van der Waals surface area contributed by atoms with Crippen molar-refractivity contribution in [1.29, 1.82) is 0 Å². The van der Waals surface area contributed by atoms with Crippen molar-refractivity contribution in [3.05, 3.63) is 35.0 Å². The van der Waals surface area contributed by atoms with Crippen LogP contribution in [0.1, 0.15) is 57.7 Å². The second kappa shape index (κ2) is 4.51. The molecule has 1 aromatic carbocycles. The Bertz CT molecular complexity index is 713. The molecule has 2 aromatic rings. The molecule has 0 saturated carbocycles. The van der Waals surface area contributed by atoms with E-state index in [0.717, 1.165) is 12.1 Å². The monoisotopic (exact) mass is 298 g/mol. The second-order valence-corrected chi connectivity index (χ2v) is 8.08. The predicted molar refractivity (Wildman–Crippen MR) is 92.3 cm³/mol. The highest BCUT2D eigenvalue weighted by Gasteiger charge is 2.33.